The Morgan fingerprint density at radius 3 is 2.32 bits per heavy atom. The Balaban J connectivity index is 1.62. The van der Waals surface area contributed by atoms with Crippen LogP contribution in [0.25, 0.3) is 0 Å². The van der Waals surface area contributed by atoms with Gasteiger partial charge in [-0.25, -0.2) is 0 Å². The van der Waals surface area contributed by atoms with Crippen LogP contribution in [0.5, 0.6) is 5.75 Å². The molecule has 2 unspecified atom stereocenters. The molecular formula is C18H25NO3. The van der Waals surface area contributed by atoms with Crippen molar-refractivity contribution in [3.63, 3.8) is 0 Å². The van der Waals surface area contributed by atoms with Crippen molar-refractivity contribution in [1.29, 1.82) is 0 Å². The number of rotatable bonds is 4. The first-order valence-electron chi connectivity index (χ1n) is 8.26. The van der Waals surface area contributed by atoms with E-state index < -0.39 is 0 Å². The van der Waals surface area contributed by atoms with Crippen molar-refractivity contribution >= 4 is 5.91 Å². The van der Waals surface area contributed by atoms with Crippen LogP contribution in [-0.2, 0) is 0 Å². The Morgan fingerprint density at radius 2 is 1.77 bits per heavy atom. The first-order chi connectivity index (χ1) is 10.6. The van der Waals surface area contributed by atoms with Crippen LogP contribution < -0.4 is 4.74 Å². The number of nitrogens with zero attached hydrogens (tertiary/aromatic N) is 1. The maximum absolute atomic E-state index is 12.6. The van der Waals surface area contributed by atoms with Crippen molar-refractivity contribution in [3.8, 4) is 5.75 Å². The third kappa shape index (κ3) is 2.98. The van der Waals surface area contributed by atoms with E-state index in [0.29, 0.717) is 30.0 Å². The molecule has 0 bridgehead atoms. The number of carbonyl (C=O) groups is 1. The molecule has 0 saturated heterocycles. The molecule has 0 spiro atoms. The fraction of sp³-hybridized carbons (Fsp3) is 0.611. The van der Waals surface area contributed by atoms with Crippen LogP contribution in [0.2, 0.25) is 0 Å². The largest absolute Gasteiger partial charge is 0.494 e. The molecule has 3 rings (SSSR count). The first kappa shape index (κ1) is 15.3. The third-order valence-electron chi connectivity index (χ3n) is 5.25. The lowest BCUT2D eigenvalue weighted by Gasteiger charge is -2.25. The summed E-state index contributed by atoms with van der Waals surface area (Å²) in [7, 11) is 1.90. The minimum atomic E-state index is -0.122. The van der Waals surface area contributed by atoms with Crippen molar-refractivity contribution < 1.29 is 14.6 Å². The van der Waals surface area contributed by atoms with Gasteiger partial charge in [0, 0.05) is 18.7 Å². The minimum Gasteiger partial charge on any atom is -0.494 e. The van der Waals surface area contributed by atoms with Gasteiger partial charge in [0.1, 0.15) is 5.75 Å². The molecular weight excluding hydrogens is 278 g/mol. The maximum atomic E-state index is 12.6. The van der Waals surface area contributed by atoms with Gasteiger partial charge in [0.25, 0.3) is 5.91 Å². The zero-order valence-electron chi connectivity index (χ0n) is 13.4. The summed E-state index contributed by atoms with van der Waals surface area (Å²) in [6.45, 7) is 2.57. The number of aliphatic hydroxyl groups is 1. The molecule has 1 aromatic rings. The molecule has 120 valence electrons. The zero-order valence-corrected chi connectivity index (χ0v) is 13.4. The monoisotopic (exact) mass is 303 g/mol. The van der Waals surface area contributed by atoms with Gasteiger partial charge < -0.3 is 14.7 Å². The Hall–Kier alpha value is -1.55. The van der Waals surface area contributed by atoms with Gasteiger partial charge in [0.05, 0.1) is 12.7 Å². The second-order valence-corrected chi connectivity index (χ2v) is 6.64. The van der Waals surface area contributed by atoms with Crippen LogP contribution in [0, 0.1) is 11.8 Å². The normalized spacial score (nSPS) is 30.1. The van der Waals surface area contributed by atoms with E-state index in [0.717, 1.165) is 31.4 Å². The van der Waals surface area contributed by atoms with E-state index in [-0.39, 0.29) is 12.0 Å². The zero-order chi connectivity index (χ0) is 15.7. The van der Waals surface area contributed by atoms with E-state index >= 15 is 0 Å². The van der Waals surface area contributed by atoms with E-state index in [1.807, 2.05) is 43.1 Å². The summed E-state index contributed by atoms with van der Waals surface area (Å²) in [6, 6.07) is 7.68. The molecule has 0 heterocycles. The highest BCUT2D eigenvalue weighted by molar-refractivity contribution is 5.94. The van der Waals surface area contributed by atoms with Crippen LogP contribution in [-0.4, -0.2) is 41.7 Å². The van der Waals surface area contributed by atoms with Crippen molar-refractivity contribution in [2.24, 2.45) is 11.8 Å². The Morgan fingerprint density at radius 1 is 1.18 bits per heavy atom. The molecule has 2 aliphatic carbocycles. The van der Waals surface area contributed by atoms with Crippen LogP contribution in [0.1, 0.15) is 43.0 Å². The van der Waals surface area contributed by atoms with Crippen LogP contribution in [0.3, 0.4) is 0 Å². The summed E-state index contributed by atoms with van der Waals surface area (Å²) in [5, 5.41) is 9.72. The summed E-state index contributed by atoms with van der Waals surface area (Å²) >= 11 is 0. The number of amides is 1. The van der Waals surface area contributed by atoms with Gasteiger partial charge in [-0.3, -0.25) is 4.79 Å². The molecule has 0 aliphatic heterocycles. The molecule has 1 aromatic carbocycles. The van der Waals surface area contributed by atoms with E-state index in [1.54, 1.807) is 0 Å². The summed E-state index contributed by atoms with van der Waals surface area (Å²) in [5.41, 5.74) is 0.711. The van der Waals surface area contributed by atoms with Gasteiger partial charge in [-0.05, 0) is 68.7 Å². The lowest BCUT2D eigenvalue weighted by molar-refractivity contribution is 0.0722. The summed E-state index contributed by atoms with van der Waals surface area (Å²) in [5.74, 6) is 2.06. The number of hydrogen-bond acceptors (Lipinski definition) is 3. The molecule has 2 fully saturated rings. The quantitative estimate of drug-likeness (QED) is 0.930. The molecule has 22 heavy (non-hydrogen) atoms. The van der Waals surface area contributed by atoms with E-state index in [1.165, 1.54) is 0 Å². The van der Waals surface area contributed by atoms with Gasteiger partial charge in [0.2, 0.25) is 0 Å². The molecule has 1 amide bonds. The first-order valence-corrected chi connectivity index (χ1v) is 8.26. The average Bonchev–Trinajstić information content (AvgIpc) is 3.04. The molecule has 4 atom stereocenters. The molecule has 0 aromatic heterocycles. The molecule has 4 nitrogen and oxygen atoms in total. The van der Waals surface area contributed by atoms with Gasteiger partial charge >= 0.3 is 0 Å². The van der Waals surface area contributed by atoms with E-state index in [9.17, 15) is 9.90 Å². The van der Waals surface area contributed by atoms with Gasteiger partial charge in [-0.2, -0.15) is 0 Å². The number of carbonyl (C=O) groups excluding carboxylic acids is 1. The average molecular weight is 303 g/mol. The predicted octanol–water partition coefficient (Wildman–Crippen LogP) is 2.71. The highest BCUT2D eigenvalue weighted by Gasteiger charge is 2.43. The summed E-state index contributed by atoms with van der Waals surface area (Å²) in [4.78, 5) is 14.5. The highest BCUT2D eigenvalue weighted by atomic mass is 16.5. The Bertz CT molecular complexity index is 514. The molecule has 2 aliphatic rings. The predicted molar refractivity (Wildman–Crippen MR) is 84.9 cm³/mol. The van der Waals surface area contributed by atoms with Crippen LogP contribution in [0.4, 0.5) is 0 Å². The number of fused-ring (bicyclic) bond motifs is 1. The lowest BCUT2D eigenvalue weighted by atomic mass is 10.0. The number of ether oxygens (including phenoxy) is 1. The minimum absolute atomic E-state index is 0.0774. The number of aliphatic hydroxyl groups excluding tert-OH is 1. The van der Waals surface area contributed by atoms with Crippen molar-refractivity contribution in [2.75, 3.05) is 13.7 Å². The maximum Gasteiger partial charge on any atom is 0.253 e. The topological polar surface area (TPSA) is 49.8 Å². The smallest absolute Gasteiger partial charge is 0.253 e. The Kier molecular flexibility index (Phi) is 4.39. The standard InChI is InChI=1S/C18H25NO3/c1-3-22-17-6-4-12(5-7-17)18(21)19(2)15-8-13-10-16(20)11-14(13)9-15/h4-7,13-16,20H,3,8-11H2,1-2H3/t13-,14+,15?,16?. The molecule has 2 saturated carbocycles. The van der Waals surface area contributed by atoms with Crippen LogP contribution >= 0.6 is 0 Å². The fourth-order valence-electron chi connectivity index (χ4n) is 4.10. The molecule has 0 radical (unpaired) electrons. The number of benzene rings is 1. The third-order valence-corrected chi connectivity index (χ3v) is 5.25. The van der Waals surface area contributed by atoms with Crippen molar-refractivity contribution in [2.45, 2.75) is 44.8 Å². The van der Waals surface area contributed by atoms with Crippen molar-refractivity contribution in [3.05, 3.63) is 29.8 Å². The summed E-state index contributed by atoms with van der Waals surface area (Å²) in [6.07, 6.45) is 3.75. The van der Waals surface area contributed by atoms with E-state index in [2.05, 4.69) is 0 Å². The second-order valence-electron chi connectivity index (χ2n) is 6.64. The van der Waals surface area contributed by atoms with Gasteiger partial charge in [-0.1, -0.05) is 0 Å². The Labute approximate surface area is 132 Å². The lowest BCUT2D eigenvalue weighted by Crippen LogP contribution is -2.36. The van der Waals surface area contributed by atoms with Crippen LogP contribution in [0.15, 0.2) is 24.3 Å². The van der Waals surface area contributed by atoms with Gasteiger partial charge in [-0.15, -0.1) is 0 Å². The second kappa shape index (κ2) is 6.29. The summed E-state index contributed by atoms with van der Waals surface area (Å²) < 4.78 is 5.41. The number of hydrogen-bond donors (Lipinski definition) is 1. The SMILES string of the molecule is CCOc1ccc(C(=O)N(C)C2C[C@H]3CC(O)C[C@H]3C2)cc1. The molecule has 1 N–H and O–H groups in total. The van der Waals surface area contributed by atoms with Gasteiger partial charge in [0.15, 0.2) is 0 Å². The fourth-order valence-corrected chi connectivity index (χ4v) is 4.10. The molecule has 4 heteroatoms. The van der Waals surface area contributed by atoms with E-state index in [4.69, 9.17) is 4.74 Å². The highest BCUT2D eigenvalue weighted by Crippen LogP contribution is 2.45. The van der Waals surface area contributed by atoms with Crippen molar-refractivity contribution in [1.82, 2.24) is 4.90 Å².